The molecule has 0 aliphatic heterocycles. The molecule has 0 amide bonds. The van der Waals surface area contributed by atoms with Crippen LogP contribution in [0, 0.1) is 0 Å². The zero-order chi connectivity index (χ0) is 16.0. The summed E-state index contributed by atoms with van der Waals surface area (Å²) in [5.41, 5.74) is 2.42. The van der Waals surface area contributed by atoms with Gasteiger partial charge in [-0.1, -0.05) is 42.5 Å². The van der Waals surface area contributed by atoms with E-state index < -0.39 is 8.80 Å². The van der Waals surface area contributed by atoms with Crippen LogP contribution in [0.4, 0.5) is 5.69 Å². The summed E-state index contributed by atoms with van der Waals surface area (Å²) in [6, 6.07) is 18.6. The number of nitrogens with zero attached hydrogens (tertiary/aromatic N) is 1. The molecule has 5 heteroatoms. The largest absolute Gasteiger partial charge is 0.536 e. The van der Waals surface area contributed by atoms with Crippen molar-refractivity contribution in [3.8, 4) is 0 Å². The SMILES string of the molecule is CO[Si](OC)(OC)c1ccc(CN(C)c2ccccc2)cc1. The Hall–Kier alpha value is -1.66. The van der Waals surface area contributed by atoms with Gasteiger partial charge < -0.3 is 18.2 Å². The van der Waals surface area contributed by atoms with Crippen molar-refractivity contribution >= 4 is 19.7 Å². The molecule has 2 rings (SSSR count). The number of hydrogen-bond donors (Lipinski definition) is 0. The van der Waals surface area contributed by atoms with Gasteiger partial charge in [0.15, 0.2) is 0 Å². The minimum absolute atomic E-state index is 0.839. The number of para-hydroxylation sites is 1. The van der Waals surface area contributed by atoms with E-state index in [1.807, 2.05) is 30.3 Å². The average Bonchev–Trinajstić information content (AvgIpc) is 2.59. The minimum atomic E-state index is -2.73. The molecule has 0 aliphatic carbocycles. The van der Waals surface area contributed by atoms with E-state index in [2.05, 4.69) is 36.2 Å². The highest BCUT2D eigenvalue weighted by Crippen LogP contribution is 2.15. The van der Waals surface area contributed by atoms with Gasteiger partial charge in [0.1, 0.15) is 0 Å². The maximum Gasteiger partial charge on any atom is 0.536 e. The third kappa shape index (κ3) is 3.56. The molecular formula is C17H23NO3Si. The standard InChI is InChI=1S/C17H23NO3Si/c1-18(16-8-6-5-7-9-16)14-15-10-12-17(13-11-15)22(19-2,20-3)21-4/h5-13H,14H2,1-4H3. The lowest BCUT2D eigenvalue weighted by atomic mass is 10.2. The van der Waals surface area contributed by atoms with Gasteiger partial charge in [0.05, 0.1) is 0 Å². The van der Waals surface area contributed by atoms with E-state index >= 15 is 0 Å². The molecule has 0 aromatic heterocycles. The van der Waals surface area contributed by atoms with Crippen molar-refractivity contribution in [2.45, 2.75) is 6.54 Å². The predicted octanol–water partition coefficient (Wildman–Crippen LogP) is 2.41. The Labute approximate surface area is 133 Å². The zero-order valence-corrected chi connectivity index (χ0v) is 14.6. The van der Waals surface area contributed by atoms with Crippen molar-refractivity contribution < 1.29 is 13.3 Å². The van der Waals surface area contributed by atoms with E-state index in [4.69, 9.17) is 13.3 Å². The molecule has 0 spiro atoms. The summed E-state index contributed by atoms with van der Waals surface area (Å²) < 4.78 is 16.5. The number of rotatable bonds is 7. The first-order chi connectivity index (χ1) is 10.6. The fraction of sp³-hybridized carbons (Fsp3) is 0.294. The Balaban J connectivity index is 2.12. The van der Waals surface area contributed by atoms with E-state index in [1.54, 1.807) is 21.3 Å². The van der Waals surface area contributed by atoms with Gasteiger partial charge in [-0.3, -0.25) is 0 Å². The Kier molecular flexibility index (Phi) is 5.74. The summed E-state index contributed by atoms with van der Waals surface area (Å²) in [7, 11) is 4.22. The van der Waals surface area contributed by atoms with Crippen molar-refractivity contribution in [3.05, 3.63) is 60.2 Å². The lowest BCUT2D eigenvalue weighted by Crippen LogP contribution is -2.54. The summed E-state index contributed by atoms with van der Waals surface area (Å²) in [6.45, 7) is 0.839. The Morgan fingerprint density at radius 2 is 1.36 bits per heavy atom. The van der Waals surface area contributed by atoms with Gasteiger partial charge >= 0.3 is 8.80 Å². The summed E-state index contributed by atoms with van der Waals surface area (Å²) in [5, 5.41) is 0.964. The van der Waals surface area contributed by atoms with Crippen LogP contribution in [0.25, 0.3) is 0 Å². The van der Waals surface area contributed by atoms with Gasteiger partial charge in [-0.2, -0.15) is 0 Å². The van der Waals surface area contributed by atoms with Crippen LogP contribution >= 0.6 is 0 Å². The Bertz CT molecular complexity index is 562. The lowest BCUT2D eigenvalue weighted by Gasteiger charge is -2.25. The quantitative estimate of drug-likeness (QED) is 0.734. The predicted molar refractivity (Wildman–Crippen MR) is 91.4 cm³/mol. The third-order valence-electron chi connectivity index (χ3n) is 3.73. The van der Waals surface area contributed by atoms with Crippen LogP contribution in [-0.2, 0) is 19.8 Å². The van der Waals surface area contributed by atoms with E-state index in [0.29, 0.717) is 0 Å². The molecule has 0 saturated carbocycles. The molecule has 4 nitrogen and oxygen atoms in total. The van der Waals surface area contributed by atoms with Crippen molar-refractivity contribution in [3.63, 3.8) is 0 Å². The minimum Gasteiger partial charge on any atom is -0.373 e. The van der Waals surface area contributed by atoms with E-state index in [0.717, 1.165) is 11.7 Å². The first kappa shape index (κ1) is 16.7. The van der Waals surface area contributed by atoms with Gasteiger partial charge in [0.2, 0.25) is 0 Å². The highest BCUT2D eigenvalue weighted by atomic mass is 28.4. The van der Waals surface area contributed by atoms with Crippen LogP contribution in [0.1, 0.15) is 5.56 Å². The van der Waals surface area contributed by atoms with Gasteiger partial charge in [-0.15, -0.1) is 0 Å². The fourth-order valence-corrected chi connectivity index (χ4v) is 4.25. The van der Waals surface area contributed by atoms with Crippen molar-refractivity contribution in [2.75, 3.05) is 33.3 Å². The molecule has 0 fully saturated rings. The normalized spacial score (nSPS) is 11.5. The summed E-state index contributed by atoms with van der Waals surface area (Å²) in [4.78, 5) is 2.21. The molecule has 0 atom stereocenters. The molecule has 2 aromatic rings. The van der Waals surface area contributed by atoms with Crippen LogP contribution in [0.5, 0.6) is 0 Å². The molecule has 0 N–H and O–H groups in total. The second-order valence-electron chi connectivity index (χ2n) is 5.06. The maximum absolute atomic E-state index is 5.50. The molecule has 2 aromatic carbocycles. The molecular weight excluding hydrogens is 294 g/mol. The molecule has 118 valence electrons. The Morgan fingerprint density at radius 3 is 1.86 bits per heavy atom. The lowest BCUT2D eigenvalue weighted by molar-refractivity contribution is 0.140. The molecule has 0 unspecified atom stereocenters. The van der Waals surface area contributed by atoms with Gasteiger partial charge in [-0.05, 0) is 17.7 Å². The molecule has 0 saturated heterocycles. The molecule has 0 radical (unpaired) electrons. The van der Waals surface area contributed by atoms with E-state index in [1.165, 1.54) is 11.3 Å². The first-order valence-electron chi connectivity index (χ1n) is 7.16. The average molecular weight is 317 g/mol. The van der Waals surface area contributed by atoms with Crippen LogP contribution in [0.2, 0.25) is 0 Å². The van der Waals surface area contributed by atoms with E-state index in [-0.39, 0.29) is 0 Å². The van der Waals surface area contributed by atoms with Gasteiger partial charge in [0.25, 0.3) is 0 Å². The molecule has 22 heavy (non-hydrogen) atoms. The maximum atomic E-state index is 5.50. The highest BCUT2D eigenvalue weighted by molar-refractivity contribution is 6.75. The van der Waals surface area contributed by atoms with Gasteiger partial charge in [0, 0.05) is 45.8 Å². The highest BCUT2D eigenvalue weighted by Gasteiger charge is 2.40. The van der Waals surface area contributed by atoms with Crippen LogP contribution < -0.4 is 10.1 Å². The number of hydrogen-bond acceptors (Lipinski definition) is 4. The van der Waals surface area contributed by atoms with Gasteiger partial charge in [-0.25, -0.2) is 0 Å². The van der Waals surface area contributed by atoms with Crippen LogP contribution in [-0.4, -0.2) is 37.2 Å². The van der Waals surface area contributed by atoms with Crippen LogP contribution in [0.15, 0.2) is 54.6 Å². The zero-order valence-electron chi connectivity index (χ0n) is 13.6. The molecule has 0 heterocycles. The van der Waals surface area contributed by atoms with E-state index in [9.17, 15) is 0 Å². The summed E-state index contributed by atoms with van der Waals surface area (Å²) in [6.07, 6.45) is 0. The Morgan fingerprint density at radius 1 is 0.818 bits per heavy atom. The van der Waals surface area contributed by atoms with Crippen molar-refractivity contribution in [1.29, 1.82) is 0 Å². The van der Waals surface area contributed by atoms with Crippen molar-refractivity contribution in [1.82, 2.24) is 0 Å². The van der Waals surface area contributed by atoms with Crippen molar-refractivity contribution in [2.24, 2.45) is 0 Å². The monoisotopic (exact) mass is 317 g/mol. The topological polar surface area (TPSA) is 30.9 Å². The third-order valence-corrected chi connectivity index (χ3v) is 6.38. The number of anilines is 1. The number of benzene rings is 2. The molecule has 0 bridgehead atoms. The smallest absolute Gasteiger partial charge is 0.373 e. The second-order valence-corrected chi connectivity index (χ2v) is 7.97. The van der Waals surface area contributed by atoms with Crippen LogP contribution in [0.3, 0.4) is 0 Å². The first-order valence-corrected chi connectivity index (χ1v) is 8.88. The second kappa shape index (κ2) is 7.55. The molecule has 0 aliphatic rings. The summed E-state index contributed by atoms with van der Waals surface area (Å²) in [5.74, 6) is 0. The summed E-state index contributed by atoms with van der Waals surface area (Å²) >= 11 is 0. The fourth-order valence-electron chi connectivity index (χ4n) is 2.47.